The Balaban J connectivity index is 1.67. The molecule has 0 aliphatic carbocycles. The molecule has 0 atom stereocenters. The average Bonchev–Trinajstić information content (AvgIpc) is 3.26. The number of aryl methyl sites for hydroxylation is 3. The lowest BCUT2D eigenvalue weighted by Crippen LogP contribution is -2.15. The Morgan fingerprint density at radius 2 is 1.71 bits per heavy atom. The molecule has 3 aromatic carbocycles. The number of carbonyl (C=O) groups excluding carboxylic acids is 1. The van der Waals surface area contributed by atoms with Crippen LogP contribution >= 0.6 is 0 Å². The first-order valence-corrected chi connectivity index (χ1v) is 10.0. The number of ether oxygens (including phenoxy) is 1. The van der Waals surface area contributed by atoms with Crippen LogP contribution in [0, 0.1) is 20.8 Å². The minimum absolute atomic E-state index is 0.202. The van der Waals surface area contributed by atoms with E-state index in [0.717, 1.165) is 28.1 Å². The van der Waals surface area contributed by atoms with Crippen LogP contribution in [0.3, 0.4) is 0 Å². The van der Waals surface area contributed by atoms with Crippen LogP contribution in [0.25, 0.3) is 22.8 Å². The molecule has 0 radical (unpaired) electrons. The largest absolute Gasteiger partial charge is 0.497 e. The van der Waals surface area contributed by atoms with E-state index in [1.807, 2.05) is 63.2 Å². The number of methoxy groups -OCH3 is 1. The molecule has 5 heteroatoms. The highest BCUT2D eigenvalue weighted by atomic mass is 16.5. The van der Waals surface area contributed by atoms with Gasteiger partial charge in [-0.3, -0.25) is 4.79 Å². The molecule has 4 aromatic rings. The zero-order valence-corrected chi connectivity index (χ0v) is 18.0. The molecule has 0 aliphatic rings. The van der Waals surface area contributed by atoms with Gasteiger partial charge in [0.25, 0.3) is 5.91 Å². The van der Waals surface area contributed by atoms with Crippen LogP contribution in [0.4, 0.5) is 5.69 Å². The fourth-order valence-corrected chi connectivity index (χ4v) is 3.73. The minimum Gasteiger partial charge on any atom is -0.497 e. The number of amides is 1. The smallest absolute Gasteiger partial charge is 0.256 e. The first-order chi connectivity index (χ1) is 15.0. The van der Waals surface area contributed by atoms with Crippen LogP contribution < -0.4 is 10.1 Å². The predicted octanol–water partition coefficient (Wildman–Crippen LogP) is 6.19. The summed E-state index contributed by atoms with van der Waals surface area (Å²) in [5.41, 5.74) is 6.04. The highest BCUT2D eigenvalue weighted by molar-refractivity contribution is 6.08. The lowest BCUT2D eigenvalue weighted by molar-refractivity contribution is 0.102. The van der Waals surface area contributed by atoms with Gasteiger partial charge in [-0.15, -0.1) is 0 Å². The number of carbonyl (C=O) groups is 1. The standard InChI is InChI=1S/C26H24N2O3/c1-16-12-17(2)24(18(3)13-16)28-25(29)21-10-5-6-11-22(21)26-27-15-23(31-26)19-8-7-9-20(14-19)30-4/h5-15H,1-4H3,(H,28,29). The van der Waals surface area contributed by atoms with Crippen LogP contribution in [0.5, 0.6) is 5.75 Å². The number of nitrogens with one attached hydrogen (secondary N) is 1. The van der Waals surface area contributed by atoms with E-state index in [4.69, 9.17) is 9.15 Å². The van der Waals surface area contributed by atoms with Gasteiger partial charge in [-0.25, -0.2) is 4.98 Å². The zero-order chi connectivity index (χ0) is 22.0. The van der Waals surface area contributed by atoms with Crippen molar-refractivity contribution in [2.24, 2.45) is 0 Å². The Morgan fingerprint density at radius 3 is 2.45 bits per heavy atom. The number of hydrogen-bond acceptors (Lipinski definition) is 4. The Bertz CT molecular complexity index is 1230. The van der Waals surface area contributed by atoms with Crippen molar-refractivity contribution in [1.82, 2.24) is 4.98 Å². The molecule has 1 amide bonds. The molecule has 0 unspecified atom stereocenters. The van der Waals surface area contributed by atoms with Crippen LogP contribution in [0.1, 0.15) is 27.0 Å². The number of hydrogen-bond donors (Lipinski definition) is 1. The summed E-state index contributed by atoms with van der Waals surface area (Å²) in [7, 11) is 1.62. The molecule has 156 valence electrons. The summed E-state index contributed by atoms with van der Waals surface area (Å²) in [6, 6.07) is 19.0. The second-order valence-corrected chi connectivity index (χ2v) is 7.54. The van der Waals surface area contributed by atoms with Crippen molar-refractivity contribution < 1.29 is 13.9 Å². The number of oxazole rings is 1. The Morgan fingerprint density at radius 1 is 0.968 bits per heavy atom. The SMILES string of the molecule is COc1cccc(-c2cnc(-c3ccccc3C(=O)Nc3c(C)cc(C)cc3C)o2)c1. The first kappa shape index (κ1) is 20.4. The molecular weight excluding hydrogens is 388 g/mol. The lowest BCUT2D eigenvalue weighted by atomic mass is 10.0. The third kappa shape index (κ3) is 4.21. The van der Waals surface area contributed by atoms with E-state index in [2.05, 4.69) is 22.4 Å². The molecule has 1 heterocycles. The summed E-state index contributed by atoms with van der Waals surface area (Å²) in [5, 5.41) is 3.06. The van der Waals surface area contributed by atoms with Gasteiger partial charge in [0.2, 0.25) is 5.89 Å². The molecule has 4 rings (SSSR count). The van der Waals surface area contributed by atoms with Crippen LogP contribution in [-0.2, 0) is 0 Å². The van der Waals surface area contributed by atoms with Gasteiger partial charge in [0, 0.05) is 16.8 Å². The van der Waals surface area contributed by atoms with Crippen molar-refractivity contribution in [3.63, 3.8) is 0 Å². The molecule has 0 saturated carbocycles. The normalized spacial score (nSPS) is 10.7. The lowest BCUT2D eigenvalue weighted by Gasteiger charge is -2.14. The van der Waals surface area contributed by atoms with Gasteiger partial charge < -0.3 is 14.5 Å². The van der Waals surface area contributed by atoms with E-state index in [9.17, 15) is 4.79 Å². The molecule has 0 spiro atoms. The quantitative estimate of drug-likeness (QED) is 0.424. The average molecular weight is 412 g/mol. The Kier molecular flexibility index (Phi) is 5.58. The Labute approximate surface area is 181 Å². The maximum atomic E-state index is 13.2. The number of nitrogens with zero attached hydrogens (tertiary/aromatic N) is 1. The van der Waals surface area contributed by atoms with Gasteiger partial charge in [-0.2, -0.15) is 0 Å². The van der Waals surface area contributed by atoms with Gasteiger partial charge in [0.05, 0.1) is 18.9 Å². The second-order valence-electron chi connectivity index (χ2n) is 7.54. The van der Waals surface area contributed by atoms with Crippen molar-refractivity contribution in [3.8, 4) is 28.5 Å². The van der Waals surface area contributed by atoms with Crippen molar-refractivity contribution in [3.05, 3.63) is 89.1 Å². The van der Waals surface area contributed by atoms with E-state index in [-0.39, 0.29) is 5.91 Å². The summed E-state index contributed by atoms with van der Waals surface area (Å²) in [4.78, 5) is 17.6. The number of aromatic nitrogens is 1. The molecule has 0 saturated heterocycles. The van der Waals surface area contributed by atoms with Crippen LogP contribution in [0.15, 0.2) is 71.3 Å². The highest BCUT2D eigenvalue weighted by Gasteiger charge is 2.18. The molecule has 0 fully saturated rings. The summed E-state index contributed by atoms with van der Waals surface area (Å²) in [6.07, 6.45) is 1.66. The second kappa shape index (κ2) is 8.48. The fourth-order valence-electron chi connectivity index (χ4n) is 3.73. The molecule has 0 bridgehead atoms. The molecular formula is C26H24N2O3. The molecule has 31 heavy (non-hydrogen) atoms. The number of rotatable bonds is 5. The third-order valence-electron chi connectivity index (χ3n) is 5.18. The highest BCUT2D eigenvalue weighted by Crippen LogP contribution is 2.31. The van der Waals surface area contributed by atoms with Gasteiger partial charge in [-0.05, 0) is 56.2 Å². The van der Waals surface area contributed by atoms with Crippen molar-refractivity contribution in [2.75, 3.05) is 12.4 Å². The van der Waals surface area contributed by atoms with Crippen LogP contribution in [-0.4, -0.2) is 18.0 Å². The Hall–Kier alpha value is -3.86. The van der Waals surface area contributed by atoms with Gasteiger partial charge in [-0.1, -0.05) is 42.0 Å². The summed E-state index contributed by atoms with van der Waals surface area (Å²) in [6.45, 7) is 6.04. The van der Waals surface area contributed by atoms with Gasteiger partial charge >= 0.3 is 0 Å². The fraction of sp³-hybridized carbons (Fsp3) is 0.154. The van der Waals surface area contributed by atoms with Crippen LogP contribution in [0.2, 0.25) is 0 Å². The maximum absolute atomic E-state index is 13.2. The zero-order valence-electron chi connectivity index (χ0n) is 18.0. The summed E-state index contributed by atoms with van der Waals surface area (Å²) >= 11 is 0. The molecule has 0 aliphatic heterocycles. The summed E-state index contributed by atoms with van der Waals surface area (Å²) < 4.78 is 11.3. The molecule has 1 aromatic heterocycles. The predicted molar refractivity (Wildman–Crippen MR) is 123 cm³/mol. The van der Waals surface area contributed by atoms with Crippen molar-refractivity contribution >= 4 is 11.6 Å². The maximum Gasteiger partial charge on any atom is 0.256 e. The van der Waals surface area contributed by atoms with Gasteiger partial charge in [0.15, 0.2) is 5.76 Å². The van der Waals surface area contributed by atoms with Gasteiger partial charge in [0.1, 0.15) is 5.75 Å². The number of anilines is 1. The van der Waals surface area contributed by atoms with Crippen molar-refractivity contribution in [1.29, 1.82) is 0 Å². The minimum atomic E-state index is -0.202. The third-order valence-corrected chi connectivity index (χ3v) is 5.18. The topological polar surface area (TPSA) is 64.4 Å². The van der Waals surface area contributed by atoms with E-state index in [1.165, 1.54) is 5.56 Å². The van der Waals surface area contributed by atoms with E-state index in [1.54, 1.807) is 19.4 Å². The number of benzene rings is 3. The monoisotopic (exact) mass is 412 g/mol. The van der Waals surface area contributed by atoms with Crippen molar-refractivity contribution in [2.45, 2.75) is 20.8 Å². The molecule has 1 N–H and O–H groups in total. The summed E-state index contributed by atoms with van der Waals surface area (Å²) in [5.74, 6) is 1.53. The van der Waals surface area contributed by atoms with E-state index < -0.39 is 0 Å². The molecule has 5 nitrogen and oxygen atoms in total. The van der Waals surface area contributed by atoms with E-state index >= 15 is 0 Å². The first-order valence-electron chi connectivity index (χ1n) is 10.0. The van der Waals surface area contributed by atoms with E-state index in [0.29, 0.717) is 22.8 Å².